The van der Waals surface area contributed by atoms with E-state index in [2.05, 4.69) is 10.4 Å². The Kier molecular flexibility index (Phi) is 3.80. The minimum atomic E-state index is -0.274. The molecule has 0 saturated carbocycles. The van der Waals surface area contributed by atoms with E-state index in [1.54, 1.807) is 4.68 Å². The number of nitrogens with one attached hydrogen (secondary N) is 1. The quantitative estimate of drug-likeness (QED) is 0.596. The average Bonchev–Trinajstić information content (AvgIpc) is 2.84. The molecule has 6 heteroatoms. The monoisotopic (exact) mass is 308 g/mol. The molecule has 116 valence electrons. The molecule has 1 aromatic carbocycles. The van der Waals surface area contributed by atoms with Crippen LogP contribution in [0.2, 0.25) is 0 Å². The number of aryl methyl sites for hydroxylation is 1. The van der Waals surface area contributed by atoms with E-state index < -0.39 is 0 Å². The van der Waals surface area contributed by atoms with Gasteiger partial charge in [-0.3, -0.25) is 4.79 Å². The van der Waals surface area contributed by atoms with Gasteiger partial charge in [0.2, 0.25) is 0 Å². The third kappa shape index (κ3) is 2.91. The van der Waals surface area contributed by atoms with Crippen molar-refractivity contribution in [1.82, 2.24) is 9.78 Å². The molecule has 0 atom stereocenters. The second-order valence-electron chi connectivity index (χ2n) is 5.19. The maximum atomic E-state index is 12.3. The molecular formula is C17H16N4O2. The van der Waals surface area contributed by atoms with Gasteiger partial charge in [-0.05, 0) is 26.0 Å². The molecule has 2 heterocycles. The fraction of sp³-hybridized carbons (Fsp3) is 0.118. The van der Waals surface area contributed by atoms with Crippen LogP contribution in [0.4, 0.5) is 5.69 Å². The van der Waals surface area contributed by atoms with Crippen LogP contribution in [0.1, 0.15) is 21.7 Å². The van der Waals surface area contributed by atoms with Crippen molar-refractivity contribution in [2.45, 2.75) is 13.8 Å². The van der Waals surface area contributed by atoms with Crippen molar-refractivity contribution in [3.8, 4) is 5.69 Å². The predicted octanol–water partition coefficient (Wildman–Crippen LogP) is 2.37. The molecule has 1 amide bonds. The molecule has 0 aliphatic heterocycles. The molecule has 3 aromatic rings. The summed E-state index contributed by atoms with van der Waals surface area (Å²) in [5.74, 6) is -0.274. The Hall–Kier alpha value is -3.15. The minimum Gasteiger partial charge on any atom is -0.619 e. The van der Waals surface area contributed by atoms with Crippen molar-refractivity contribution in [1.29, 1.82) is 0 Å². The number of pyridine rings is 1. The summed E-state index contributed by atoms with van der Waals surface area (Å²) in [6.45, 7) is 3.75. The van der Waals surface area contributed by atoms with Crippen LogP contribution in [0.5, 0.6) is 0 Å². The van der Waals surface area contributed by atoms with Crippen molar-refractivity contribution < 1.29 is 9.52 Å². The maximum Gasteiger partial charge on any atom is 0.256 e. The van der Waals surface area contributed by atoms with Crippen molar-refractivity contribution in [3.63, 3.8) is 0 Å². The van der Waals surface area contributed by atoms with Crippen molar-refractivity contribution in [2.75, 3.05) is 5.32 Å². The lowest BCUT2D eigenvalue weighted by Crippen LogP contribution is -2.25. The fourth-order valence-corrected chi connectivity index (χ4v) is 2.39. The maximum absolute atomic E-state index is 12.3. The lowest BCUT2D eigenvalue weighted by Gasteiger charge is -2.07. The van der Waals surface area contributed by atoms with Gasteiger partial charge >= 0.3 is 0 Å². The van der Waals surface area contributed by atoms with E-state index in [0.717, 1.165) is 17.1 Å². The zero-order valence-electron chi connectivity index (χ0n) is 12.9. The first kappa shape index (κ1) is 14.8. The molecule has 0 saturated heterocycles. The van der Waals surface area contributed by atoms with Gasteiger partial charge < -0.3 is 10.5 Å². The second-order valence-corrected chi connectivity index (χ2v) is 5.19. The highest BCUT2D eigenvalue weighted by molar-refractivity contribution is 6.04. The third-order valence-electron chi connectivity index (χ3n) is 3.59. The van der Waals surface area contributed by atoms with Crippen molar-refractivity contribution >= 4 is 11.6 Å². The number of hydrogen-bond acceptors (Lipinski definition) is 3. The summed E-state index contributed by atoms with van der Waals surface area (Å²) >= 11 is 0. The van der Waals surface area contributed by atoms with E-state index in [9.17, 15) is 10.0 Å². The van der Waals surface area contributed by atoms with Gasteiger partial charge in [-0.1, -0.05) is 18.2 Å². The first-order valence-corrected chi connectivity index (χ1v) is 7.18. The van der Waals surface area contributed by atoms with Gasteiger partial charge in [-0.15, -0.1) is 0 Å². The number of amides is 1. The van der Waals surface area contributed by atoms with Crippen LogP contribution in [0, 0.1) is 19.1 Å². The van der Waals surface area contributed by atoms with Crippen LogP contribution in [0.15, 0.2) is 54.9 Å². The van der Waals surface area contributed by atoms with Gasteiger partial charge in [0.1, 0.15) is 0 Å². The highest BCUT2D eigenvalue weighted by Gasteiger charge is 2.16. The summed E-state index contributed by atoms with van der Waals surface area (Å²) in [4.78, 5) is 12.3. The van der Waals surface area contributed by atoms with Gasteiger partial charge in [0.05, 0.1) is 28.3 Å². The SMILES string of the molecule is Cc1nn(-c2ccccc2)c(C)c1NC(=O)c1cc[n+]([O-])cc1. The molecule has 23 heavy (non-hydrogen) atoms. The summed E-state index contributed by atoms with van der Waals surface area (Å²) in [5, 5.41) is 18.4. The lowest BCUT2D eigenvalue weighted by atomic mass is 10.2. The van der Waals surface area contributed by atoms with Gasteiger partial charge in [0, 0.05) is 12.1 Å². The standard InChI is InChI=1S/C17H16N4O2/c1-12-16(18-17(22)14-8-10-20(23)11-9-14)13(2)21(19-12)15-6-4-3-5-7-15/h3-11H,1-2H3,(H,18,22). The molecule has 3 rings (SSSR count). The highest BCUT2D eigenvalue weighted by atomic mass is 16.5. The molecule has 1 N–H and O–H groups in total. The molecular weight excluding hydrogens is 292 g/mol. The van der Waals surface area contributed by atoms with Gasteiger partial charge in [0.15, 0.2) is 12.4 Å². The van der Waals surface area contributed by atoms with Crippen LogP contribution >= 0.6 is 0 Å². The summed E-state index contributed by atoms with van der Waals surface area (Å²) in [5.41, 5.74) is 3.60. The van der Waals surface area contributed by atoms with Gasteiger partial charge in [-0.25, -0.2) is 4.68 Å². The summed E-state index contributed by atoms with van der Waals surface area (Å²) in [6.07, 6.45) is 2.59. The van der Waals surface area contributed by atoms with E-state index in [0.29, 0.717) is 16.0 Å². The number of carbonyl (C=O) groups is 1. The molecule has 0 radical (unpaired) electrons. The minimum absolute atomic E-state index is 0.274. The van der Waals surface area contributed by atoms with Crippen LogP contribution in [-0.4, -0.2) is 15.7 Å². The van der Waals surface area contributed by atoms with Crippen molar-refractivity contribution in [2.24, 2.45) is 0 Å². The Morgan fingerprint density at radius 1 is 1.13 bits per heavy atom. The van der Waals surface area contributed by atoms with Crippen LogP contribution in [-0.2, 0) is 0 Å². The Balaban J connectivity index is 1.90. The van der Waals surface area contributed by atoms with E-state index in [1.807, 2.05) is 44.2 Å². The van der Waals surface area contributed by atoms with Gasteiger partial charge in [-0.2, -0.15) is 9.83 Å². The number of rotatable bonds is 3. The van der Waals surface area contributed by atoms with E-state index in [-0.39, 0.29) is 5.91 Å². The van der Waals surface area contributed by atoms with Crippen LogP contribution in [0.25, 0.3) is 5.69 Å². The zero-order valence-corrected chi connectivity index (χ0v) is 12.9. The number of nitrogens with zero attached hydrogens (tertiary/aromatic N) is 3. The van der Waals surface area contributed by atoms with E-state index >= 15 is 0 Å². The highest BCUT2D eigenvalue weighted by Crippen LogP contribution is 2.23. The fourth-order valence-electron chi connectivity index (χ4n) is 2.39. The summed E-state index contributed by atoms with van der Waals surface area (Å²) in [7, 11) is 0. The number of carbonyl (C=O) groups excluding carboxylic acids is 1. The lowest BCUT2D eigenvalue weighted by molar-refractivity contribution is -0.605. The van der Waals surface area contributed by atoms with E-state index in [4.69, 9.17) is 0 Å². The Labute approximate surface area is 133 Å². The van der Waals surface area contributed by atoms with Crippen LogP contribution in [0.3, 0.4) is 0 Å². The third-order valence-corrected chi connectivity index (χ3v) is 3.59. The number of anilines is 1. The molecule has 0 aliphatic rings. The molecule has 0 unspecified atom stereocenters. The molecule has 0 aliphatic carbocycles. The molecule has 0 fully saturated rings. The molecule has 2 aromatic heterocycles. The van der Waals surface area contributed by atoms with Crippen molar-refractivity contribution in [3.05, 3.63) is 77.0 Å². The Bertz CT molecular complexity index is 839. The normalized spacial score (nSPS) is 10.5. The first-order chi connectivity index (χ1) is 11.1. The number of para-hydroxylation sites is 1. The van der Waals surface area contributed by atoms with E-state index in [1.165, 1.54) is 24.5 Å². The molecule has 6 nitrogen and oxygen atoms in total. The zero-order chi connectivity index (χ0) is 16.4. The van der Waals surface area contributed by atoms with Gasteiger partial charge in [0.25, 0.3) is 5.91 Å². The number of hydrogen-bond donors (Lipinski definition) is 1. The predicted molar refractivity (Wildman–Crippen MR) is 86.4 cm³/mol. The summed E-state index contributed by atoms with van der Waals surface area (Å²) < 4.78 is 2.43. The summed E-state index contributed by atoms with van der Waals surface area (Å²) in [6, 6.07) is 12.7. The average molecular weight is 308 g/mol. The Morgan fingerprint density at radius 2 is 1.78 bits per heavy atom. The first-order valence-electron chi connectivity index (χ1n) is 7.18. The smallest absolute Gasteiger partial charge is 0.256 e. The van der Waals surface area contributed by atoms with Crippen LogP contribution < -0.4 is 10.0 Å². The largest absolute Gasteiger partial charge is 0.619 e. The Morgan fingerprint density at radius 3 is 2.43 bits per heavy atom. The molecule has 0 bridgehead atoms. The number of aromatic nitrogens is 3. The second kappa shape index (κ2) is 5.92. The molecule has 0 spiro atoms. The topological polar surface area (TPSA) is 73.9 Å². The number of benzene rings is 1.